The Balaban J connectivity index is 3.53. The van der Waals surface area contributed by atoms with Gasteiger partial charge in [0.2, 0.25) is 29.5 Å². The summed E-state index contributed by atoms with van der Waals surface area (Å²) in [6.45, 7) is 19.0. The maximum atomic E-state index is 14.3. The lowest BCUT2D eigenvalue weighted by Gasteiger charge is -2.28. The number of rotatable bonds is 25. The summed E-state index contributed by atoms with van der Waals surface area (Å²) in [6.07, 6.45) is -4.60. The molecule has 0 heterocycles. The maximum Gasteiger partial charge on any atom is 0.407 e. The van der Waals surface area contributed by atoms with Gasteiger partial charge in [0.05, 0.1) is 12.1 Å². The molecule has 1 rings (SSSR count). The van der Waals surface area contributed by atoms with Crippen molar-refractivity contribution in [3.05, 3.63) is 35.9 Å². The van der Waals surface area contributed by atoms with E-state index in [4.69, 9.17) is 19.9 Å². The van der Waals surface area contributed by atoms with Crippen LogP contribution in [0.4, 0.5) is 14.4 Å². The van der Waals surface area contributed by atoms with Crippen molar-refractivity contribution < 1.29 is 67.6 Å². The van der Waals surface area contributed by atoms with Gasteiger partial charge in [0.25, 0.3) is 0 Å². The fourth-order valence-electron chi connectivity index (χ4n) is 6.08. The SMILES string of the molecule is CC(C)C[C@H](NC(=O)[C@@H](Cc1ccccc1)NC(=O)[C@@H](N)CCNC(=O)OC(C)(C)C)C(=O)N[C@@H](CCNC(=O)OC(C)(C)C)C(=O)N[C@@H](CCNC(=O)OC(C)(C)C)C(=O)N[C@H](C(=O)O)[C@@H](C)O. The number of nitrogens with two attached hydrogens (primary N) is 1. The number of benzene rings is 1. The number of carbonyl (C=O) groups is 9. The van der Waals surface area contributed by atoms with Crippen molar-refractivity contribution in [1.82, 2.24) is 42.5 Å². The van der Waals surface area contributed by atoms with Crippen molar-refractivity contribution in [2.45, 2.75) is 174 Å². The highest BCUT2D eigenvalue weighted by molar-refractivity contribution is 5.96. The standard InChI is InChI=1S/C46H77N9O14/c1-26(2)24-32(54-39(61)33(25-28-16-14-13-15-17-28)53-35(57)29(47)18-21-48-41(64)67-44(4,5)6)38(60)52-30(19-22-49-42(65)68-45(7,8)9)36(58)51-31(20-23-50-43(66)69-46(10,11)12)37(59)55-34(27(3)56)40(62)63/h13-17,26-27,29-34,56H,18-25,47H2,1-12H3,(H,48,64)(H,49,65)(H,50,66)(H,51,58)(H,52,60)(H,53,57)(H,54,61)(H,55,59)(H,62,63)/t27-,29+,30+,31+,32+,33-,34+/m1/s1. The molecule has 0 spiro atoms. The summed E-state index contributed by atoms with van der Waals surface area (Å²) in [6, 6.07) is 0.0415. The number of alkyl carbamates (subject to hydrolysis) is 3. The second-order valence-electron chi connectivity index (χ2n) is 19.9. The Bertz CT molecular complexity index is 1880. The van der Waals surface area contributed by atoms with Gasteiger partial charge in [-0.2, -0.15) is 0 Å². The average Bonchev–Trinajstić information content (AvgIpc) is 3.19. The van der Waals surface area contributed by atoms with Crippen LogP contribution in [0.15, 0.2) is 30.3 Å². The zero-order chi connectivity index (χ0) is 52.9. The van der Waals surface area contributed by atoms with E-state index in [1.54, 1.807) is 106 Å². The minimum absolute atomic E-state index is 0.0150. The van der Waals surface area contributed by atoms with Gasteiger partial charge in [-0.1, -0.05) is 44.2 Å². The van der Waals surface area contributed by atoms with Gasteiger partial charge in [-0.05, 0) is 106 Å². The van der Waals surface area contributed by atoms with Gasteiger partial charge in [0.1, 0.15) is 41.0 Å². The smallest absolute Gasteiger partial charge is 0.407 e. The summed E-state index contributed by atoms with van der Waals surface area (Å²) in [4.78, 5) is 118. The third kappa shape index (κ3) is 26.8. The first-order valence-corrected chi connectivity index (χ1v) is 22.9. The molecule has 0 saturated carbocycles. The molecule has 0 aliphatic heterocycles. The van der Waals surface area contributed by atoms with Gasteiger partial charge >= 0.3 is 24.2 Å². The van der Waals surface area contributed by atoms with E-state index in [0.717, 1.165) is 6.92 Å². The summed E-state index contributed by atoms with van der Waals surface area (Å²) in [5, 5.41) is 39.8. The van der Waals surface area contributed by atoms with Crippen LogP contribution < -0.4 is 48.3 Å². The molecule has 0 fully saturated rings. The Labute approximate surface area is 404 Å². The molecule has 7 atom stereocenters. The number of carboxylic acids is 1. The van der Waals surface area contributed by atoms with Gasteiger partial charge in [0.15, 0.2) is 6.04 Å². The van der Waals surface area contributed by atoms with Gasteiger partial charge in [-0.3, -0.25) is 24.0 Å². The van der Waals surface area contributed by atoms with E-state index in [1.165, 1.54) is 0 Å². The number of carbonyl (C=O) groups excluding carboxylic acids is 8. The Morgan fingerprint density at radius 3 is 1.29 bits per heavy atom. The molecule has 0 saturated heterocycles. The second kappa shape index (κ2) is 28.3. The Morgan fingerprint density at radius 2 is 0.899 bits per heavy atom. The van der Waals surface area contributed by atoms with Crippen LogP contribution in [0.3, 0.4) is 0 Å². The number of aliphatic hydroxyl groups is 1. The van der Waals surface area contributed by atoms with Crippen LogP contribution in [0.25, 0.3) is 0 Å². The third-order valence-electron chi connectivity index (χ3n) is 9.23. The van der Waals surface area contributed by atoms with Crippen molar-refractivity contribution in [2.75, 3.05) is 19.6 Å². The first-order chi connectivity index (χ1) is 31.8. The quantitative estimate of drug-likeness (QED) is 0.0614. The molecule has 1 aromatic rings. The first kappa shape index (κ1) is 60.8. The average molecular weight is 980 g/mol. The van der Waals surface area contributed by atoms with Gasteiger partial charge in [0, 0.05) is 26.1 Å². The highest BCUT2D eigenvalue weighted by Crippen LogP contribution is 2.12. The van der Waals surface area contributed by atoms with E-state index in [2.05, 4.69) is 42.5 Å². The predicted octanol–water partition coefficient (Wildman–Crippen LogP) is 1.24. The van der Waals surface area contributed by atoms with Crippen LogP contribution in [0.1, 0.15) is 114 Å². The Kier molecular flexibility index (Phi) is 24.9. The number of ether oxygens (including phenoxy) is 3. The Hall–Kier alpha value is -6.23. The van der Waals surface area contributed by atoms with Crippen LogP contribution in [0.5, 0.6) is 0 Å². The largest absolute Gasteiger partial charge is 0.480 e. The number of carboxylic acid groups (broad SMARTS) is 1. The number of hydrogen-bond donors (Lipinski definition) is 11. The number of aliphatic carboxylic acids is 1. The van der Waals surface area contributed by atoms with Crippen molar-refractivity contribution >= 4 is 53.8 Å². The molecule has 12 N–H and O–H groups in total. The van der Waals surface area contributed by atoms with E-state index in [0.29, 0.717) is 5.56 Å². The van der Waals surface area contributed by atoms with Crippen molar-refractivity contribution in [3.8, 4) is 0 Å². The highest BCUT2D eigenvalue weighted by Gasteiger charge is 2.34. The molecule has 0 radical (unpaired) electrons. The van der Waals surface area contributed by atoms with E-state index in [1.807, 2.05) is 0 Å². The van der Waals surface area contributed by atoms with Crippen molar-refractivity contribution in [3.63, 3.8) is 0 Å². The van der Waals surface area contributed by atoms with Crippen molar-refractivity contribution in [1.29, 1.82) is 0 Å². The van der Waals surface area contributed by atoms with Crippen LogP contribution in [-0.2, 0) is 49.4 Å². The number of aliphatic hydroxyl groups excluding tert-OH is 1. The molecule has 390 valence electrons. The lowest BCUT2D eigenvalue weighted by Crippen LogP contribution is -2.60. The minimum atomic E-state index is -1.79. The zero-order valence-corrected chi connectivity index (χ0v) is 42.0. The molecule has 23 heteroatoms. The van der Waals surface area contributed by atoms with E-state index in [-0.39, 0.29) is 57.7 Å². The normalized spacial score (nSPS) is 14.7. The van der Waals surface area contributed by atoms with Crippen LogP contribution in [-0.4, -0.2) is 143 Å². The zero-order valence-electron chi connectivity index (χ0n) is 42.0. The van der Waals surface area contributed by atoms with Gasteiger partial charge in [-0.25, -0.2) is 19.2 Å². The van der Waals surface area contributed by atoms with Gasteiger partial charge in [-0.15, -0.1) is 0 Å². The van der Waals surface area contributed by atoms with E-state index >= 15 is 0 Å². The molecule has 23 nitrogen and oxygen atoms in total. The summed E-state index contributed by atoms with van der Waals surface area (Å²) in [5.41, 5.74) is 4.31. The van der Waals surface area contributed by atoms with E-state index < -0.39 is 113 Å². The summed E-state index contributed by atoms with van der Waals surface area (Å²) in [7, 11) is 0. The molecule has 0 aliphatic rings. The summed E-state index contributed by atoms with van der Waals surface area (Å²) >= 11 is 0. The monoisotopic (exact) mass is 980 g/mol. The van der Waals surface area contributed by atoms with Crippen LogP contribution in [0, 0.1) is 5.92 Å². The van der Waals surface area contributed by atoms with Crippen LogP contribution >= 0.6 is 0 Å². The predicted molar refractivity (Wildman–Crippen MR) is 253 cm³/mol. The topological polar surface area (TPSA) is 344 Å². The molecular weight excluding hydrogens is 903 g/mol. The molecule has 69 heavy (non-hydrogen) atoms. The number of amides is 8. The molecule has 1 aromatic carbocycles. The maximum absolute atomic E-state index is 14.3. The van der Waals surface area contributed by atoms with E-state index in [9.17, 15) is 53.4 Å². The lowest BCUT2D eigenvalue weighted by molar-refractivity contribution is -0.145. The molecular formula is C46H77N9O14. The molecule has 0 unspecified atom stereocenters. The van der Waals surface area contributed by atoms with Crippen molar-refractivity contribution in [2.24, 2.45) is 11.7 Å². The number of hydrogen-bond acceptors (Lipinski definition) is 14. The summed E-state index contributed by atoms with van der Waals surface area (Å²) < 4.78 is 15.7. The summed E-state index contributed by atoms with van der Waals surface area (Å²) in [5.74, 6) is -6.22. The highest BCUT2D eigenvalue weighted by atomic mass is 16.6. The molecule has 0 aliphatic carbocycles. The second-order valence-corrected chi connectivity index (χ2v) is 19.9. The number of nitrogens with one attached hydrogen (secondary N) is 8. The Morgan fingerprint density at radius 1 is 0.536 bits per heavy atom. The molecule has 0 aromatic heterocycles. The minimum Gasteiger partial charge on any atom is -0.480 e. The van der Waals surface area contributed by atoms with Gasteiger partial charge < -0.3 is 72.7 Å². The lowest BCUT2D eigenvalue weighted by atomic mass is 10.00. The van der Waals surface area contributed by atoms with Crippen LogP contribution in [0.2, 0.25) is 0 Å². The molecule has 8 amide bonds. The first-order valence-electron chi connectivity index (χ1n) is 22.9. The fourth-order valence-corrected chi connectivity index (χ4v) is 6.08. The third-order valence-corrected chi connectivity index (χ3v) is 9.23. The fraction of sp³-hybridized carbons (Fsp3) is 0.674. The molecule has 0 bridgehead atoms.